The number of hydrogen-bond acceptors (Lipinski definition) is 4. The van der Waals surface area contributed by atoms with E-state index in [0.29, 0.717) is 5.82 Å². The molecular weight excluding hydrogens is 268 g/mol. The highest BCUT2D eigenvalue weighted by molar-refractivity contribution is 5.82. The van der Waals surface area contributed by atoms with Gasteiger partial charge in [0.1, 0.15) is 5.82 Å². The number of nitro groups is 1. The fraction of sp³-hybridized carbons (Fsp3) is 0.133. The molecule has 0 amide bonds. The highest BCUT2D eigenvalue weighted by Gasteiger charge is 2.09. The minimum atomic E-state index is -0.411. The van der Waals surface area contributed by atoms with Gasteiger partial charge in [-0.1, -0.05) is 0 Å². The lowest BCUT2D eigenvalue weighted by atomic mass is 10.2. The Morgan fingerprint density at radius 3 is 2.48 bits per heavy atom. The molecule has 1 aromatic heterocycles. The largest absolute Gasteiger partial charge is 0.378 e. The second kappa shape index (κ2) is 4.90. The highest BCUT2D eigenvalue weighted by atomic mass is 16.6. The van der Waals surface area contributed by atoms with Gasteiger partial charge in [0.05, 0.1) is 16.0 Å². The van der Waals surface area contributed by atoms with Crippen molar-refractivity contribution in [1.29, 1.82) is 0 Å². The molecule has 0 radical (unpaired) electrons. The molecule has 1 heterocycles. The van der Waals surface area contributed by atoms with Crippen LogP contribution in [0.1, 0.15) is 0 Å². The van der Waals surface area contributed by atoms with Crippen LogP contribution in [0.5, 0.6) is 0 Å². The van der Waals surface area contributed by atoms with E-state index < -0.39 is 4.92 Å². The smallest absolute Gasteiger partial charge is 0.269 e. The molecule has 2 aromatic carbocycles. The van der Waals surface area contributed by atoms with Crippen LogP contribution in [0.3, 0.4) is 0 Å². The van der Waals surface area contributed by atoms with Crippen LogP contribution in [-0.2, 0) is 0 Å². The third kappa shape index (κ3) is 2.43. The molecule has 0 saturated carbocycles. The molecule has 0 aliphatic rings. The number of aromatic amines is 1. The molecule has 3 aromatic rings. The van der Waals surface area contributed by atoms with Crippen LogP contribution >= 0.6 is 0 Å². The van der Waals surface area contributed by atoms with Gasteiger partial charge in [-0.2, -0.15) is 0 Å². The van der Waals surface area contributed by atoms with E-state index in [2.05, 4.69) is 9.97 Å². The first kappa shape index (κ1) is 13.1. The van der Waals surface area contributed by atoms with Crippen LogP contribution < -0.4 is 4.90 Å². The molecule has 0 saturated heterocycles. The Morgan fingerprint density at radius 2 is 1.86 bits per heavy atom. The maximum absolute atomic E-state index is 10.7. The second-order valence-electron chi connectivity index (χ2n) is 4.99. The number of fused-ring (bicyclic) bond motifs is 1. The SMILES string of the molecule is CN(C)c1ccc2nc(-c3ccc([N+](=O)[O-])cc3)[nH]c2c1. The molecular formula is C15H14N4O2. The number of nitrogens with one attached hydrogen (secondary N) is 1. The van der Waals surface area contributed by atoms with Gasteiger partial charge in [0.2, 0.25) is 0 Å². The van der Waals surface area contributed by atoms with Gasteiger partial charge < -0.3 is 9.88 Å². The highest BCUT2D eigenvalue weighted by Crippen LogP contribution is 2.25. The molecule has 3 rings (SSSR count). The zero-order valence-corrected chi connectivity index (χ0v) is 11.7. The summed E-state index contributed by atoms with van der Waals surface area (Å²) in [5.74, 6) is 0.704. The van der Waals surface area contributed by atoms with E-state index in [-0.39, 0.29) is 5.69 Å². The lowest BCUT2D eigenvalue weighted by molar-refractivity contribution is -0.384. The Labute approximate surface area is 121 Å². The number of benzene rings is 2. The molecule has 0 aliphatic heterocycles. The van der Waals surface area contributed by atoms with E-state index in [4.69, 9.17) is 0 Å². The van der Waals surface area contributed by atoms with Crippen LogP contribution in [0.25, 0.3) is 22.4 Å². The molecule has 21 heavy (non-hydrogen) atoms. The number of imidazole rings is 1. The second-order valence-corrected chi connectivity index (χ2v) is 4.99. The monoisotopic (exact) mass is 282 g/mol. The Kier molecular flexibility index (Phi) is 3.06. The number of aromatic nitrogens is 2. The lowest BCUT2D eigenvalue weighted by Crippen LogP contribution is -2.07. The summed E-state index contributed by atoms with van der Waals surface area (Å²) in [6.45, 7) is 0. The summed E-state index contributed by atoms with van der Waals surface area (Å²) in [6, 6.07) is 12.3. The molecule has 6 heteroatoms. The fourth-order valence-corrected chi connectivity index (χ4v) is 2.15. The summed E-state index contributed by atoms with van der Waals surface area (Å²) in [7, 11) is 3.96. The first-order valence-electron chi connectivity index (χ1n) is 6.46. The first-order chi connectivity index (χ1) is 10.0. The van der Waals surface area contributed by atoms with E-state index in [0.717, 1.165) is 22.3 Å². The Morgan fingerprint density at radius 1 is 1.14 bits per heavy atom. The number of non-ortho nitro benzene ring substituents is 1. The minimum Gasteiger partial charge on any atom is -0.378 e. The first-order valence-corrected chi connectivity index (χ1v) is 6.46. The Bertz CT molecular complexity index is 806. The van der Waals surface area contributed by atoms with E-state index >= 15 is 0 Å². The van der Waals surface area contributed by atoms with E-state index in [1.807, 2.05) is 37.2 Å². The summed E-state index contributed by atoms with van der Waals surface area (Å²) in [5.41, 5.74) is 3.79. The van der Waals surface area contributed by atoms with Gasteiger partial charge in [-0.05, 0) is 30.3 Å². The predicted molar refractivity (Wildman–Crippen MR) is 82.5 cm³/mol. The third-order valence-electron chi connectivity index (χ3n) is 3.33. The Hall–Kier alpha value is -2.89. The zero-order chi connectivity index (χ0) is 15.0. The van der Waals surface area contributed by atoms with Crippen LogP contribution in [0.4, 0.5) is 11.4 Å². The number of nitro benzene ring substituents is 1. The van der Waals surface area contributed by atoms with Crippen LogP contribution in [0.15, 0.2) is 42.5 Å². The van der Waals surface area contributed by atoms with Crippen LogP contribution in [0, 0.1) is 10.1 Å². The van der Waals surface area contributed by atoms with Gasteiger partial charge in [-0.15, -0.1) is 0 Å². The van der Waals surface area contributed by atoms with Crippen molar-refractivity contribution in [2.75, 3.05) is 19.0 Å². The van der Waals surface area contributed by atoms with Gasteiger partial charge in [-0.25, -0.2) is 4.98 Å². The van der Waals surface area contributed by atoms with E-state index in [9.17, 15) is 10.1 Å². The van der Waals surface area contributed by atoms with Gasteiger partial charge in [0, 0.05) is 37.5 Å². The molecule has 0 fully saturated rings. The maximum Gasteiger partial charge on any atom is 0.269 e. The molecule has 0 atom stereocenters. The van der Waals surface area contributed by atoms with Gasteiger partial charge >= 0.3 is 0 Å². The summed E-state index contributed by atoms with van der Waals surface area (Å²) in [4.78, 5) is 20.0. The third-order valence-corrected chi connectivity index (χ3v) is 3.33. The van der Waals surface area contributed by atoms with Crippen molar-refractivity contribution in [1.82, 2.24) is 9.97 Å². The van der Waals surface area contributed by atoms with Crippen LogP contribution in [-0.4, -0.2) is 29.0 Å². The molecule has 0 aliphatic carbocycles. The number of hydrogen-bond donors (Lipinski definition) is 1. The maximum atomic E-state index is 10.7. The number of anilines is 1. The van der Waals surface area contributed by atoms with Crippen molar-refractivity contribution in [3.63, 3.8) is 0 Å². The van der Waals surface area contributed by atoms with Crippen molar-refractivity contribution in [2.24, 2.45) is 0 Å². The Balaban J connectivity index is 2.02. The van der Waals surface area contributed by atoms with E-state index in [1.165, 1.54) is 12.1 Å². The van der Waals surface area contributed by atoms with Crippen molar-refractivity contribution >= 4 is 22.4 Å². The van der Waals surface area contributed by atoms with Crippen molar-refractivity contribution in [3.8, 4) is 11.4 Å². The summed E-state index contributed by atoms with van der Waals surface area (Å²) < 4.78 is 0. The topological polar surface area (TPSA) is 75.1 Å². The number of nitrogens with zero attached hydrogens (tertiary/aromatic N) is 3. The number of H-pyrrole nitrogens is 1. The zero-order valence-electron chi connectivity index (χ0n) is 11.7. The fourth-order valence-electron chi connectivity index (χ4n) is 2.15. The van der Waals surface area contributed by atoms with Crippen molar-refractivity contribution < 1.29 is 4.92 Å². The summed E-state index contributed by atoms with van der Waals surface area (Å²) >= 11 is 0. The van der Waals surface area contributed by atoms with Crippen molar-refractivity contribution in [2.45, 2.75) is 0 Å². The average Bonchev–Trinajstić information content (AvgIpc) is 2.90. The molecule has 1 N–H and O–H groups in total. The number of rotatable bonds is 3. The molecule has 0 spiro atoms. The summed E-state index contributed by atoms with van der Waals surface area (Å²) in [5, 5.41) is 10.7. The standard InChI is InChI=1S/C15H14N4O2/c1-18(2)12-7-8-13-14(9-12)17-15(16-13)10-3-5-11(6-4-10)19(20)21/h3-9H,1-2H3,(H,16,17). The lowest BCUT2D eigenvalue weighted by Gasteiger charge is -2.11. The quantitative estimate of drug-likeness (QED) is 0.591. The van der Waals surface area contributed by atoms with E-state index in [1.54, 1.807) is 12.1 Å². The normalized spacial score (nSPS) is 10.8. The minimum absolute atomic E-state index is 0.0738. The van der Waals surface area contributed by atoms with Crippen molar-refractivity contribution in [3.05, 3.63) is 52.6 Å². The molecule has 0 unspecified atom stereocenters. The average molecular weight is 282 g/mol. The van der Waals surface area contributed by atoms with Gasteiger partial charge in [-0.3, -0.25) is 10.1 Å². The summed E-state index contributed by atoms with van der Waals surface area (Å²) in [6.07, 6.45) is 0. The molecule has 6 nitrogen and oxygen atoms in total. The van der Waals surface area contributed by atoms with Crippen LogP contribution in [0.2, 0.25) is 0 Å². The predicted octanol–water partition coefficient (Wildman–Crippen LogP) is 3.20. The van der Waals surface area contributed by atoms with Gasteiger partial charge in [0.25, 0.3) is 5.69 Å². The molecule has 106 valence electrons. The molecule has 0 bridgehead atoms. The van der Waals surface area contributed by atoms with Gasteiger partial charge in [0.15, 0.2) is 0 Å².